The number of hydrogen-bond acceptors (Lipinski definition) is 5. The SMILES string of the molecule is CC(C)(C)C(=O)N1CCC[C@@H](c2cnc(N3CC4(CCCCC4)OC3=O)cn2)C1. The summed E-state index contributed by atoms with van der Waals surface area (Å²) in [4.78, 5) is 37.8. The van der Waals surface area contributed by atoms with Gasteiger partial charge in [0.05, 0.1) is 24.6 Å². The molecule has 2 amide bonds. The Morgan fingerprint density at radius 3 is 2.55 bits per heavy atom. The number of anilines is 1. The highest BCUT2D eigenvalue weighted by molar-refractivity contribution is 5.89. The van der Waals surface area contributed by atoms with Crippen molar-refractivity contribution in [2.75, 3.05) is 24.5 Å². The second-order valence-corrected chi connectivity index (χ2v) is 9.84. The minimum Gasteiger partial charge on any atom is -0.441 e. The van der Waals surface area contributed by atoms with E-state index in [0.29, 0.717) is 18.9 Å². The van der Waals surface area contributed by atoms with Crippen LogP contribution in [0.2, 0.25) is 0 Å². The topological polar surface area (TPSA) is 75.6 Å². The first-order valence-electron chi connectivity index (χ1n) is 10.9. The Balaban J connectivity index is 1.44. The summed E-state index contributed by atoms with van der Waals surface area (Å²) >= 11 is 0. The number of aromatic nitrogens is 2. The zero-order valence-corrected chi connectivity index (χ0v) is 17.8. The molecule has 0 N–H and O–H groups in total. The molecule has 1 aromatic heterocycles. The van der Waals surface area contributed by atoms with Crippen molar-refractivity contribution in [1.29, 1.82) is 0 Å². The molecule has 2 aliphatic heterocycles. The maximum absolute atomic E-state index is 12.6. The lowest BCUT2D eigenvalue weighted by molar-refractivity contribution is -0.140. The molecular formula is C22H32N4O3. The Kier molecular flexibility index (Phi) is 5.25. The van der Waals surface area contributed by atoms with Gasteiger partial charge in [0.2, 0.25) is 5.91 Å². The van der Waals surface area contributed by atoms with Crippen LogP contribution in [0.25, 0.3) is 0 Å². The van der Waals surface area contributed by atoms with E-state index in [9.17, 15) is 9.59 Å². The van der Waals surface area contributed by atoms with Gasteiger partial charge in [-0.1, -0.05) is 27.2 Å². The summed E-state index contributed by atoms with van der Waals surface area (Å²) < 4.78 is 5.75. The lowest BCUT2D eigenvalue weighted by Gasteiger charge is -2.36. The van der Waals surface area contributed by atoms with Gasteiger partial charge in [-0.3, -0.25) is 14.7 Å². The average molecular weight is 401 g/mol. The first kappa shape index (κ1) is 20.1. The van der Waals surface area contributed by atoms with Crippen LogP contribution in [0.1, 0.15) is 77.3 Å². The Labute approximate surface area is 172 Å². The molecule has 7 heteroatoms. The number of rotatable bonds is 2. The third-order valence-corrected chi connectivity index (χ3v) is 6.44. The molecule has 0 aromatic carbocycles. The monoisotopic (exact) mass is 400 g/mol. The van der Waals surface area contributed by atoms with Gasteiger partial charge in [0.25, 0.3) is 0 Å². The fourth-order valence-electron chi connectivity index (χ4n) is 4.81. The zero-order valence-electron chi connectivity index (χ0n) is 17.8. The van der Waals surface area contributed by atoms with Crippen LogP contribution in [0.5, 0.6) is 0 Å². The number of likely N-dealkylation sites (tertiary alicyclic amines) is 1. The molecule has 3 aliphatic rings. The third-order valence-electron chi connectivity index (χ3n) is 6.44. The maximum atomic E-state index is 12.6. The Hall–Kier alpha value is -2.18. The number of nitrogens with zero attached hydrogens (tertiary/aromatic N) is 4. The summed E-state index contributed by atoms with van der Waals surface area (Å²) in [5, 5.41) is 0. The van der Waals surface area contributed by atoms with E-state index < -0.39 is 0 Å². The Morgan fingerprint density at radius 1 is 1.14 bits per heavy atom. The highest BCUT2D eigenvalue weighted by Gasteiger charge is 2.46. The quantitative estimate of drug-likeness (QED) is 0.753. The lowest BCUT2D eigenvalue weighted by Crippen LogP contribution is -2.44. The molecule has 1 aromatic rings. The standard InChI is InChI=1S/C22H32N4O3/c1-21(2,3)19(27)25-11-7-8-16(14-25)17-12-24-18(13-23-17)26-15-22(29-20(26)28)9-5-4-6-10-22/h12-13,16H,4-11,14-15H2,1-3H3/t16-/m1/s1. The minimum atomic E-state index is -0.372. The largest absolute Gasteiger partial charge is 0.441 e. The van der Waals surface area contributed by atoms with Crippen molar-refractivity contribution in [3.8, 4) is 0 Å². The van der Waals surface area contributed by atoms with Crippen LogP contribution in [0.4, 0.5) is 10.6 Å². The van der Waals surface area contributed by atoms with Crippen LogP contribution in [0.3, 0.4) is 0 Å². The second-order valence-electron chi connectivity index (χ2n) is 9.84. The zero-order chi connectivity index (χ0) is 20.6. The summed E-state index contributed by atoms with van der Waals surface area (Å²) in [6.45, 7) is 7.93. The van der Waals surface area contributed by atoms with Crippen molar-refractivity contribution >= 4 is 17.8 Å². The molecule has 1 spiro atoms. The normalized spacial score (nSPS) is 24.7. The molecule has 0 unspecified atom stereocenters. The van der Waals surface area contributed by atoms with Crippen LogP contribution >= 0.6 is 0 Å². The Morgan fingerprint density at radius 2 is 1.90 bits per heavy atom. The lowest BCUT2D eigenvalue weighted by atomic mass is 9.85. The number of hydrogen-bond donors (Lipinski definition) is 0. The van der Waals surface area contributed by atoms with Crippen molar-refractivity contribution in [2.24, 2.45) is 5.41 Å². The summed E-state index contributed by atoms with van der Waals surface area (Å²) in [7, 11) is 0. The highest BCUT2D eigenvalue weighted by atomic mass is 16.6. The molecule has 2 saturated heterocycles. The Bertz CT molecular complexity index is 765. The van der Waals surface area contributed by atoms with Gasteiger partial charge in [0.1, 0.15) is 5.60 Å². The van der Waals surface area contributed by atoms with Crippen molar-refractivity contribution in [2.45, 2.75) is 77.2 Å². The smallest absolute Gasteiger partial charge is 0.416 e. The molecule has 1 saturated carbocycles. The molecule has 0 bridgehead atoms. The van der Waals surface area contributed by atoms with Crippen molar-refractivity contribution < 1.29 is 14.3 Å². The second kappa shape index (κ2) is 7.58. The molecule has 4 rings (SSSR count). The van der Waals surface area contributed by atoms with Crippen LogP contribution in [-0.4, -0.2) is 52.1 Å². The van der Waals surface area contributed by atoms with Crippen molar-refractivity contribution in [3.05, 3.63) is 18.1 Å². The molecule has 29 heavy (non-hydrogen) atoms. The summed E-state index contributed by atoms with van der Waals surface area (Å²) in [5.41, 5.74) is 0.176. The van der Waals surface area contributed by atoms with E-state index in [1.807, 2.05) is 25.7 Å². The number of piperidine rings is 1. The van der Waals surface area contributed by atoms with Gasteiger partial charge >= 0.3 is 6.09 Å². The van der Waals surface area contributed by atoms with E-state index >= 15 is 0 Å². The molecular weight excluding hydrogens is 368 g/mol. The third kappa shape index (κ3) is 4.09. The summed E-state index contributed by atoms with van der Waals surface area (Å²) in [6.07, 6.45) is 10.4. The van der Waals surface area contributed by atoms with Crippen LogP contribution < -0.4 is 4.90 Å². The van der Waals surface area contributed by atoms with E-state index in [2.05, 4.69) is 9.97 Å². The number of amides is 2. The summed E-state index contributed by atoms with van der Waals surface area (Å²) in [6, 6.07) is 0. The van der Waals surface area contributed by atoms with E-state index in [1.165, 1.54) is 6.42 Å². The van der Waals surface area contributed by atoms with Crippen LogP contribution in [0.15, 0.2) is 12.4 Å². The number of ether oxygens (including phenoxy) is 1. The number of carbonyl (C=O) groups excluding carboxylic acids is 2. The predicted molar refractivity (Wildman–Crippen MR) is 110 cm³/mol. The molecule has 7 nitrogen and oxygen atoms in total. The van der Waals surface area contributed by atoms with Crippen molar-refractivity contribution in [1.82, 2.24) is 14.9 Å². The predicted octanol–water partition coefficient (Wildman–Crippen LogP) is 3.89. The van der Waals surface area contributed by atoms with Gasteiger partial charge in [-0.15, -0.1) is 0 Å². The molecule has 158 valence electrons. The highest BCUT2D eigenvalue weighted by Crippen LogP contribution is 2.38. The first-order chi connectivity index (χ1) is 13.8. The van der Waals surface area contributed by atoms with Gasteiger partial charge in [-0.05, 0) is 38.5 Å². The molecule has 0 radical (unpaired) electrons. The number of carbonyl (C=O) groups is 2. The van der Waals surface area contributed by atoms with Gasteiger partial charge in [0.15, 0.2) is 5.82 Å². The van der Waals surface area contributed by atoms with Gasteiger partial charge in [0, 0.05) is 24.4 Å². The maximum Gasteiger partial charge on any atom is 0.416 e. The fourth-order valence-corrected chi connectivity index (χ4v) is 4.81. The van der Waals surface area contributed by atoms with Crippen molar-refractivity contribution in [3.63, 3.8) is 0 Å². The van der Waals surface area contributed by atoms with Gasteiger partial charge in [-0.25, -0.2) is 9.78 Å². The minimum absolute atomic E-state index is 0.185. The molecule has 3 fully saturated rings. The van der Waals surface area contributed by atoms with Gasteiger partial charge in [-0.2, -0.15) is 0 Å². The summed E-state index contributed by atoms with van der Waals surface area (Å²) in [5.74, 6) is 0.927. The molecule has 1 aliphatic carbocycles. The molecule has 1 atom stereocenters. The fraction of sp³-hybridized carbons (Fsp3) is 0.727. The van der Waals surface area contributed by atoms with Gasteiger partial charge < -0.3 is 9.64 Å². The molecule has 3 heterocycles. The first-order valence-corrected chi connectivity index (χ1v) is 10.9. The van der Waals surface area contributed by atoms with Crippen LogP contribution in [-0.2, 0) is 9.53 Å². The van der Waals surface area contributed by atoms with E-state index in [0.717, 1.165) is 50.8 Å². The van der Waals surface area contributed by atoms with E-state index in [1.54, 1.807) is 17.3 Å². The van der Waals surface area contributed by atoms with E-state index in [-0.39, 0.29) is 28.9 Å². The average Bonchev–Trinajstić information content (AvgIpc) is 3.03. The van der Waals surface area contributed by atoms with E-state index in [4.69, 9.17) is 4.74 Å². The van der Waals surface area contributed by atoms with Crippen LogP contribution in [0, 0.1) is 5.41 Å².